The minimum atomic E-state index is -0.757. The summed E-state index contributed by atoms with van der Waals surface area (Å²) in [4.78, 5) is 4.44. The van der Waals surface area contributed by atoms with Crippen molar-refractivity contribution in [1.29, 1.82) is 0 Å². The molecule has 1 aliphatic heterocycles. The van der Waals surface area contributed by atoms with Gasteiger partial charge in [-0.1, -0.05) is 48.5 Å². The molecule has 0 fully saturated rings. The largest absolute Gasteiger partial charge is 0.441 e. The number of aliphatic imine (C=N–C) groups is 1. The van der Waals surface area contributed by atoms with Crippen LogP contribution in [0.25, 0.3) is 0 Å². The Labute approximate surface area is 154 Å². The molecule has 0 aliphatic carbocycles. The highest BCUT2D eigenvalue weighted by molar-refractivity contribution is 5.87. The monoisotopic (exact) mass is 351 g/mol. The van der Waals surface area contributed by atoms with Crippen molar-refractivity contribution in [2.45, 2.75) is 31.5 Å². The lowest BCUT2D eigenvalue weighted by atomic mass is 9.85. The third kappa shape index (κ3) is 4.58. The molecule has 3 rings (SSSR count). The zero-order valence-electron chi connectivity index (χ0n) is 15.0. The Bertz CT molecular complexity index is 774. The van der Waals surface area contributed by atoms with Crippen molar-refractivity contribution in [3.63, 3.8) is 0 Å². The smallest absolute Gasteiger partial charge is 0.214 e. The minimum absolute atomic E-state index is 0.432. The Morgan fingerprint density at radius 1 is 1.04 bits per heavy atom. The molecule has 2 aromatic carbocycles. The van der Waals surface area contributed by atoms with Gasteiger partial charge in [0.25, 0.3) is 0 Å². The van der Waals surface area contributed by atoms with Gasteiger partial charge in [-0.3, -0.25) is 0 Å². The fourth-order valence-electron chi connectivity index (χ4n) is 2.92. The molecular weight excluding hydrogens is 326 g/mol. The van der Waals surface area contributed by atoms with E-state index in [1.54, 1.807) is 0 Å². The molecule has 1 heterocycles. The highest BCUT2D eigenvalue weighted by atomic mass is 16.5. The van der Waals surface area contributed by atoms with E-state index in [0.29, 0.717) is 31.3 Å². The number of hydrogen-bond donors (Lipinski definition) is 2. The van der Waals surface area contributed by atoms with Gasteiger partial charge in [-0.25, -0.2) is 4.99 Å². The summed E-state index contributed by atoms with van der Waals surface area (Å²) in [6.45, 7) is 2.95. The molecule has 136 valence electrons. The van der Waals surface area contributed by atoms with E-state index in [0.717, 1.165) is 11.3 Å². The van der Waals surface area contributed by atoms with Crippen LogP contribution in [-0.4, -0.2) is 24.1 Å². The lowest BCUT2D eigenvalue weighted by Gasteiger charge is -2.35. The van der Waals surface area contributed by atoms with Crippen LogP contribution in [0.3, 0.4) is 0 Å². The molecule has 1 aliphatic rings. The fraction of sp³-hybridized carbons (Fsp3) is 0.286. The molecule has 4 N–H and O–H groups in total. The van der Waals surface area contributed by atoms with Crippen LogP contribution in [0.4, 0.5) is 0 Å². The standard InChI is InChI=1S/C21H25N3O2/c1-16-14-21(23,12-13-25-15-17-8-4-2-5-9-17)19(22)20(24-16)26-18-10-6-3-7-11-18/h2-11,14,19H,12-13,15,22-23H2,1H3. The first kappa shape index (κ1) is 18.3. The second-order valence-electron chi connectivity index (χ2n) is 6.53. The summed E-state index contributed by atoms with van der Waals surface area (Å²) >= 11 is 0. The molecule has 2 aromatic rings. The Hall–Kier alpha value is -2.47. The van der Waals surface area contributed by atoms with E-state index in [4.69, 9.17) is 20.9 Å². The molecule has 0 saturated carbocycles. The summed E-state index contributed by atoms with van der Waals surface area (Å²) in [7, 11) is 0. The van der Waals surface area contributed by atoms with Gasteiger partial charge in [0, 0.05) is 12.3 Å². The molecule has 0 bridgehead atoms. The van der Waals surface area contributed by atoms with Gasteiger partial charge in [0.1, 0.15) is 11.8 Å². The van der Waals surface area contributed by atoms with Crippen LogP contribution < -0.4 is 16.2 Å². The van der Waals surface area contributed by atoms with Gasteiger partial charge in [0.05, 0.1) is 12.1 Å². The first-order chi connectivity index (χ1) is 12.6. The van der Waals surface area contributed by atoms with E-state index in [1.807, 2.05) is 73.7 Å². The average Bonchev–Trinajstić information content (AvgIpc) is 2.65. The Morgan fingerprint density at radius 2 is 1.69 bits per heavy atom. The van der Waals surface area contributed by atoms with Gasteiger partial charge in [-0.15, -0.1) is 0 Å². The van der Waals surface area contributed by atoms with Crippen molar-refractivity contribution in [1.82, 2.24) is 0 Å². The lowest BCUT2D eigenvalue weighted by Crippen LogP contribution is -2.61. The van der Waals surface area contributed by atoms with Gasteiger partial charge >= 0.3 is 0 Å². The quantitative estimate of drug-likeness (QED) is 0.784. The predicted octanol–water partition coefficient (Wildman–Crippen LogP) is 3.01. The Balaban J connectivity index is 1.60. The van der Waals surface area contributed by atoms with Crippen LogP contribution in [0, 0.1) is 0 Å². The van der Waals surface area contributed by atoms with Gasteiger partial charge in [-0.2, -0.15) is 0 Å². The van der Waals surface area contributed by atoms with Gasteiger partial charge < -0.3 is 20.9 Å². The summed E-state index contributed by atoms with van der Waals surface area (Å²) < 4.78 is 11.7. The van der Waals surface area contributed by atoms with E-state index in [1.165, 1.54) is 0 Å². The molecule has 0 spiro atoms. The molecule has 2 atom stereocenters. The van der Waals surface area contributed by atoms with E-state index < -0.39 is 11.6 Å². The van der Waals surface area contributed by atoms with E-state index in [2.05, 4.69) is 4.99 Å². The predicted molar refractivity (Wildman–Crippen MR) is 104 cm³/mol. The first-order valence-corrected chi connectivity index (χ1v) is 8.74. The fourth-order valence-corrected chi connectivity index (χ4v) is 2.92. The van der Waals surface area contributed by atoms with E-state index in [9.17, 15) is 0 Å². The SMILES string of the molecule is CC1=CC(N)(CCOCc2ccccc2)C(N)C(Oc2ccccc2)=N1. The number of benzene rings is 2. The van der Waals surface area contributed by atoms with Crippen LogP contribution in [-0.2, 0) is 11.3 Å². The summed E-state index contributed by atoms with van der Waals surface area (Å²) in [5.74, 6) is 1.13. The van der Waals surface area contributed by atoms with Crippen molar-refractivity contribution < 1.29 is 9.47 Å². The number of rotatable bonds is 6. The summed E-state index contributed by atoms with van der Waals surface area (Å²) in [5.41, 5.74) is 14.1. The molecule has 5 nitrogen and oxygen atoms in total. The minimum Gasteiger partial charge on any atom is -0.441 e. The molecule has 0 radical (unpaired) electrons. The van der Waals surface area contributed by atoms with Crippen LogP contribution >= 0.6 is 0 Å². The summed E-state index contributed by atoms with van der Waals surface area (Å²) in [5, 5.41) is 0. The second kappa shape index (κ2) is 8.27. The van der Waals surface area contributed by atoms with Gasteiger partial charge in [-0.05, 0) is 37.1 Å². The van der Waals surface area contributed by atoms with Crippen LogP contribution in [0.1, 0.15) is 18.9 Å². The van der Waals surface area contributed by atoms with Crippen molar-refractivity contribution in [2.24, 2.45) is 16.5 Å². The lowest BCUT2D eigenvalue weighted by molar-refractivity contribution is 0.106. The van der Waals surface area contributed by atoms with Crippen molar-refractivity contribution in [3.05, 3.63) is 78.0 Å². The highest BCUT2D eigenvalue weighted by Crippen LogP contribution is 2.24. The van der Waals surface area contributed by atoms with Crippen molar-refractivity contribution >= 4 is 5.90 Å². The molecular formula is C21H25N3O2. The maximum absolute atomic E-state index is 6.57. The molecule has 0 aromatic heterocycles. The van der Waals surface area contributed by atoms with E-state index >= 15 is 0 Å². The summed E-state index contributed by atoms with van der Waals surface area (Å²) in [6.07, 6.45) is 2.48. The Morgan fingerprint density at radius 3 is 2.38 bits per heavy atom. The molecule has 0 saturated heterocycles. The third-order valence-electron chi connectivity index (χ3n) is 4.37. The average molecular weight is 351 g/mol. The Kier molecular flexibility index (Phi) is 5.83. The molecule has 0 amide bonds. The van der Waals surface area contributed by atoms with Gasteiger partial charge in [0.15, 0.2) is 0 Å². The molecule has 5 heteroatoms. The van der Waals surface area contributed by atoms with Crippen molar-refractivity contribution in [3.8, 4) is 5.75 Å². The normalized spacial score (nSPS) is 22.5. The topological polar surface area (TPSA) is 82.9 Å². The number of para-hydroxylation sites is 1. The number of nitrogens with zero attached hydrogens (tertiary/aromatic N) is 1. The van der Waals surface area contributed by atoms with Crippen LogP contribution in [0.2, 0.25) is 0 Å². The molecule has 26 heavy (non-hydrogen) atoms. The molecule has 2 unspecified atom stereocenters. The number of allylic oxidation sites excluding steroid dienone is 1. The summed E-state index contributed by atoms with van der Waals surface area (Å²) in [6, 6.07) is 19.0. The number of hydrogen-bond acceptors (Lipinski definition) is 5. The number of nitrogens with two attached hydrogens (primary N) is 2. The van der Waals surface area contributed by atoms with Crippen LogP contribution in [0.15, 0.2) is 77.4 Å². The first-order valence-electron chi connectivity index (χ1n) is 8.74. The van der Waals surface area contributed by atoms with Crippen molar-refractivity contribution in [2.75, 3.05) is 6.61 Å². The maximum Gasteiger partial charge on any atom is 0.214 e. The zero-order valence-corrected chi connectivity index (χ0v) is 15.0. The number of ether oxygens (including phenoxy) is 2. The van der Waals surface area contributed by atoms with Crippen LogP contribution in [0.5, 0.6) is 5.75 Å². The zero-order chi connectivity index (χ0) is 18.4. The van der Waals surface area contributed by atoms with Gasteiger partial charge in [0.2, 0.25) is 5.90 Å². The third-order valence-corrected chi connectivity index (χ3v) is 4.37. The second-order valence-corrected chi connectivity index (χ2v) is 6.53. The maximum atomic E-state index is 6.57. The highest BCUT2D eigenvalue weighted by Gasteiger charge is 2.38. The van der Waals surface area contributed by atoms with E-state index in [-0.39, 0.29) is 0 Å².